The van der Waals surface area contributed by atoms with Gasteiger partial charge in [0.25, 0.3) is 0 Å². The lowest BCUT2D eigenvalue weighted by Crippen LogP contribution is -2.15. The van der Waals surface area contributed by atoms with Crippen molar-refractivity contribution < 1.29 is 24.5 Å². The van der Waals surface area contributed by atoms with Crippen molar-refractivity contribution in [2.45, 2.75) is 39.7 Å². The maximum absolute atomic E-state index is 12.9. The average Bonchev–Trinajstić information content (AvgIpc) is 2.97. The van der Waals surface area contributed by atoms with Crippen molar-refractivity contribution in [2.24, 2.45) is 0 Å². The summed E-state index contributed by atoms with van der Waals surface area (Å²) in [5.74, 6) is -2.91. The number of carbonyl (C=O) groups is 2. The van der Waals surface area contributed by atoms with Crippen LogP contribution in [0.4, 0.5) is 0 Å². The molecule has 3 aromatic rings. The molecule has 6 nitrogen and oxygen atoms in total. The SMILES string of the molecule is CCOC(=O)c1c(C)n(C(C)C)c2cccc(C(C(=O)O)c3cc(O)ccc3Cl)c12. The smallest absolute Gasteiger partial charge is 0.340 e. The molecule has 0 radical (unpaired) electrons. The Balaban J connectivity index is 2.43. The van der Waals surface area contributed by atoms with Gasteiger partial charge in [-0.3, -0.25) is 4.79 Å². The number of aromatic hydroxyl groups is 1. The highest BCUT2D eigenvalue weighted by molar-refractivity contribution is 6.31. The molecular weight excluding hydrogens is 406 g/mol. The number of nitrogens with zero attached hydrogens (tertiary/aromatic N) is 1. The average molecular weight is 430 g/mol. The van der Waals surface area contributed by atoms with Crippen LogP contribution < -0.4 is 0 Å². The Kier molecular flexibility index (Phi) is 6.08. The highest BCUT2D eigenvalue weighted by Crippen LogP contribution is 2.40. The third-order valence-electron chi connectivity index (χ3n) is 5.15. The summed E-state index contributed by atoms with van der Waals surface area (Å²) < 4.78 is 7.28. The van der Waals surface area contributed by atoms with Crippen molar-refractivity contribution >= 4 is 34.4 Å². The van der Waals surface area contributed by atoms with Crippen molar-refractivity contribution in [3.63, 3.8) is 0 Å². The lowest BCUT2D eigenvalue weighted by atomic mass is 9.87. The molecule has 158 valence electrons. The largest absolute Gasteiger partial charge is 0.508 e. The summed E-state index contributed by atoms with van der Waals surface area (Å²) in [6, 6.07) is 9.53. The van der Waals surface area contributed by atoms with Crippen molar-refractivity contribution in [3.05, 3.63) is 63.8 Å². The zero-order valence-corrected chi connectivity index (χ0v) is 18.0. The number of fused-ring (bicyclic) bond motifs is 1. The second kappa shape index (κ2) is 8.40. The Bertz CT molecular complexity index is 1130. The van der Waals surface area contributed by atoms with Crippen molar-refractivity contribution in [1.82, 2.24) is 4.57 Å². The number of carbonyl (C=O) groups excluding carboxylic acids is 1. The molecule has 0 aliphatic carbocycles. The molecule has 0 saturated carbocycles. The number of hydrogen-bond acceptors (Lipinski definition) is 4. The number of halogens is 1. The quantitative estimate of drug-likeness (QED) is 0.520. The van der Waals surface area contributed by atoms with Crippen LogP contribution in [0.1, 0.15) is 59.9 Å². The standard InChI is InChI=1S/C23H24ClNO5/c1-5-30-23(29)19-13(4)25(12(2)3)18-8-6-7-15(21(18)19)20(22(27)28)16-11-14(26)9-10-17(16)24/h6-12,20,26H,5H2,1-4H3,(H,27,28). The van der Waals surface area contributed by atoms with Gasteiger partial charge in [-0.1, -0.05) is 23.7 Å². The van der Waals surface area contributed by atoms with E-state index in [4.69, 9.17) is 16.3 Å². The first-order chi connectivity index (χ1) is 14.2. The maximum Gasteiger partial charge on any atom is 0.340 e. The molecule has 3 rings (SSSR count). The maximum atomic E-state index is 12.9. The lowest BCUT2D eigenvalue weighted by molar-refractivity contribution is -0.137. The van der Waals surface area contributed by atoms with Crippen LogP contribution in [-0.2, 0) is 9.53 Å². The van der Waals surface area contributed by atoms with Crippen LogP contribution in [0.25, 0.3) is 10.9 Å². The van der Waals surface area contributed by atoms with Gasteiger partial charge in [0, 0.05) is 27.7 Å². The molecule has 30 heavy (non-hydrogen) atoms. The molecule has 0 amide bonds. The first-order valence-electron chi connectivity index (χ1n) is 9.70. The van der Waals surface area contributed by atoms with Gasteiger partial charge in [-0.05, 0) is 63.1 Å². The Hall–Kier alpha value is -2.99. The van der Waals surface area contributed by atoms with Gasteiger partial charge in [-0.25, -0.2) is 4.79 Å². The number of rotatable bonds is 6. The normalized spacial score (nSPS) is 12.3. The van der Waals surface area contributed by atoms with Gasteiger partial charge in [0.1, 0.15) is 11.7 Å². The predicted molar refractivity (Wildman–Crippen MR) is 116 cm³/mol. The first kappa shape index (κ1) is 21.7. The Morgan fingerprint density at radius 1 is 1.17 bits per heavy atom. The second-order valence-corrected chi connectivity index (χ2v) is 7.77. The van der Waals surface area contributed by atoms with E-state index in [0.29, 0.717) is 22.2 Å². The van der Waals surface area contributed by atoms with Crippen LogP contribution in [0.5, 0.6) is 5.75 Å². The van der Waals surface area contributed by atoms with Crippen LogP contribution >= 0.6 is 11.6 Å². The first-order valence-corrected chi connectivity index (χ1v) is 10.1. The number of phenols is 1. The zero-order valence-electron chi connectivity index (χ0n) is 17.3. The zero-order chi connectivity index (χ0) is 22.2. The van der Waals surface area contributed by atoms with Crippen LogP contribution in [-0.4, -0.2) is 33.3 Å². The highest BCUT2D eigenvalue weighted by atomic mass is 35.5. The van der Waals surface area contributed by atoms with Crippen molar-refractivity contribution in [3.8, 4) is 5.75 Å². The monoisotopic (exact) mass is 429 g/mol. The highest BCUT2D eigenvalue weighted by Gasteiger charge is 2.31. The summed E-state index contributed by atoms with van der Waals surface area (Å²) in [5, 5.41) is 20.8. The van der Waals surface area contributed by atoms with E-state index in [2.05, 4.69) is 0 Å². The molecule has 1 heterocycles. The summed E-state index contributed by atoms with van der Waals surface area (Å²) >= 11 is 6.30. The fraction of sp³-hybridized carbons (Fsp3) is 0.304. The minimum Gasteiger partial charge on any atom is -0.508 e. The molecule has 0 saturated heterocycles. The van der Waals surface area contributed by atoms with Crippen LogP contribution in [0, 0.1) is 6.92 Å². The van der Waals surface area contributed by atoms with Gasteiger partial charge in [-0.2, -0.15) is 0 Å². The van der Waals surface area contributed by atoms with Crippen molar-refractivity contribution in [1.29, 1.82) is 0 Å². The van der Waals surface area contributed by atoms with Gasteiger partial charge < -0.3 is 19.5 Å². The summed E-state index contributed by atoms with van der Waals surface area (Å²) in [7, 11) is 0. The van der Waals surface area contributed by atoms with E-state index < -0.39 is 17.9 Å². The second-order valence-electron chi connectivity index (χ2n) is 7.36. The number of esters is 1. The van der Waals surface area contributed by atoms with Crippen molar-refractivity contribution in [2.75, 3.05) is 6.61 Å². The molecule has 0 fully saturated rings. The molecule has 0 bridgehead atoms. The van der Waals surface area contributed by atoms with Gasteiger partial charge in [-0.15, -0.1) is 0 Å². The molecule has 1 atom stereocenters. The molecule has 0 aliphatic rings. The molecule has 0 spiro atoms. The summed E-state index contributed by atoms with van der Waals surface area (Å²) in [6.07, 6.45) is 0. The molecule has 1 aromatic heterocycles. The minimum atomic E-state index is -1.18. The fourth-order valence-corrected chi connectivity index (χ4v) is 4.28. The van der Waals surface area contributed by atoms with E-state index in [0.717, 1.165) is 5.52 Å². The Morgan fingerprint density at radius 3 is 2.47 bits per heavy atom. The van der Waals surface area contributed by atoms with Gasteiger partial charge in [0.15, 0.2) is 0 Å². The van der Waals surface area contributed by atoms with E-state index in [1.54, 1.807) is 19.1 Å². The van der Waals surface area contributed by atoms with Gasteiger partial charge in [0.05, 0.1) is 12.2 Å². The fourth-order valence-electron chi connectivity index (χ4n) is 4.06. The van der Waals surface area contributed by atoms with E-state index in [9.17, 15) is 19.8 Å². The summed E-state index contributed by atoms with van der Waals surface area (Å²) in [4.78, 5) is 25.2. The molecule has 7 heteroatoms. The predicted octanol–water partition coefficient (Wildman–Crippen LogP) is 5.28. The van der Waals surface area contributed by atoms with Gasteiger partial charge in [0.2, 0.25) is 0 Å². The number of ether oxygens (including phenoxy) is 1. The van der Waals surface area contributed by atoms with E-state index in [1.165, 1.54) is 18.2 Å². The number of carboxylic acid groups (broad SMARTS) is 1. The van der Waals surface area contributed by atoms with E-state index in [-0.39, 0.29) is 29.0 Å². The van der Waals surface area contributed by atoms with Crippen LogP contribution in [0.2, 0.25) is 5.02 Å². The topological polar surface area (TPSA) is 88.8 Å². The number of benzene rings is 2. The summed E-state index contributed by atoms with van der Waals surface area (Å²) in [6.45, 7) is 7.74. The van der Waals surface area contributed by atoms with E-state index in [1.807, 2.05) is 31.4 Å². The number of hydrogen-bond donors (Lipinski definition) is 2. The number of carboxylic acids is 1. The minimum absolute atomic E-state index is 0.0403. The Morgan fingerprint density at radius 2 is 1.87 bits per heavy atom. The van der Waals surface area contributed by atoms with Gasteiger partial charge >= 0.3 is 11.9 Å². The molecule has 2 N–H and O–H groups in total. The third kappa shape index (κ3) is 3.63. The Labute approximate surface area is 179 Å². The number of aromatic nitrogens is 1. The third-order valence-corrected chi connectivity index (χ3v) is 5.50. The lowest BCUT2D eigenvalue weighted by Gasteiger charge is -2.18. The van der Waals surface area contributed by atoms with Crippen LogP contribution in [0.3, 0.4) is 0 Å². The molecule has 0 aliphatic heterocycles. The van der Waals surface area contributed by atoms with E-state index >= 15 is 0 Å². The number of aliphatic carboxylic acids is 1. The molecule has 2 aromatic carbocycles. The van der Waals surface area contributed by atoms with Crippen LogP contribution in [0.15, 0.2) is 36.4 Å². The molecule has 1 unspecified atom stereocenters. The molecular formula is C23H24ClNO5. The number of phenolic OH excluding ortho intramolecular Hbond substituents is 1. The summed E-state index contributed by atoms with van der Waals surface area (Å²) in [5.41, 5.74) is 2.46.